The van der Waals surface area contributed by atoms with E-state index >= 15 is 0 Å². The molecule has 0 bridgehead atoms. The fraction of sp³-hybridized carbons (Fsp3) is 0.556. The van der Waals surface area contributed by atoms with Crippen molar-refractivity contribution in [3.05, 3.63) is 17.2 Å². The number of nitrogens with zero attached hydrogens (tertiary/aromatic N) is 3. The van der Waals surface area contributed by atoms with Crippen molar-refractivity contribution in [2.75, 3.05) is 0 Å². The maximum absolute atomic E-state index is 10.3. The molecule has 0 aromatic carbocycles. The van der Waals surface area contributed by atoms with Gasteiger partial charge in [0.2, 0.25) is 0 Å². The molecular weight excluding hydrogens is 182 g/mol. The molecule has 0 unspecified atom stereocenters. The van der Waals surface area contributed by atoms with Gasteiger partial charge in [0.1, 0.15) is 0 Å². The number of aliphatic carboxylic acids is 1. The molecule has 1 rings (SSSR count). The van der Waals surface area contributed by atoms with Crippen molar-refractivity contribution in [3.8, 4) is 0 Å². The molecule has 1 aromatic heterocycles. The number of hydrogen-bond donors (Lipinski definition) is 1. The Balaban J connectivity index is 2.51. The highest BCUT2D eigenvalue weighted by Crippen LogP contribution is 2.01. The van der Waals surface area contributed by atoms with Gasteiger partial charge in [0.15, 0.2) is 5.82 Å². The molecule has 0 fully saturated rings. The number of carboxylic acid groups (broad SMARTS) is 1. The number of carbonyl (C=O) groups is 1. The summed E-state index contributed by atoms with van der Waals surface area (Å²) >= 11 is 0. The minimum Gasteiger partial charge on any atom is -0.481 e. The average Bonchev–Trinajstić information content (AvgIpc) is 2.10. The Bertz CT molecular complexity index is 339. The van der Waals surface area contributed by atoms with Gasteiger partial charge in [-0.3, -0.25) is 4.79 Å². The Morgan fingerprint density at radius 2 is 2.00 bits per heavy atom. The van der Waals surface area contributed by atoms with Crippen LogP contribution in [0, 0.1) is 13.8 Å². The molecule has 14 heavy (non-hydrogen) atoms. The van der Waals surface area contributed by atoms with E-state index in [2.05, 4.69) is 15.2 Å². The summed E-state index contributed by atoms with van der Waals surface area (Å²) in [5.74, 6) is -0.170. The first-order valence-corrected chi connectivity index (χ1v) is 4.48. The molecule has 1 aromatic rings. The van der Waals surface area contributed by atoms with Crippen LogP contribution >= 0.6 is 0 Å². The lowest BCUT2D eigenvalue weighted by Gasteiger charge is -2.00. The van der Waals surface area contributed by atoms with E-state index in [9.17, 15) is 4.79 Å². The van der Waals surface area contributed by atoms with Crippen molar-refractivity contribution >= 4 is 5.97 Å². The van der Waals surface area contributed by atoms with Gasteiger partial charge in [0.25, 0.3) is 0 Å². The van der Waals surface area contributed by atoms with Gasteiger partial charge in [0.05, 0.1) is 11.4 Å². The van der Waals surface area contributed by atoms with Crippen LogP contribution < -0.4 is 0 Å². The van der Waals surface area contributed by atoms with Gasteiger partial charge in [-0.05, 0) is 20.3 Å². The summed E-state index contributed by atoms with van der Waals surface area (Å²) in [4.78, 5) is 14.5. The van der Waals surface area contributed by atoms with Crippen molar-refractivity contribution < 1.29 is 9.90 Å². The quantitative estimate of drug-likeness (QED) is 0.772. The van der Waals surface area contributed by atoms with Crippen LogP contribution in [-0.4, -0.2) is 26.3 Å². The Morgan fingerprint density at radius 3 is 2.57 bits per heavy atom. The summed E-state index contributed by atoms with van der Waals surface area (Å²) in [6.45, 7) is 3.71. The maximum atomic E-state index is 10.3. The van der Waals surface area contributed by atoms with E-state index in [1.165, 1.54) is 0 Å². The molecule has 0 spiro atoms. The Hall–Kier alpha value is -1.52. The van der Waals surface area contributed by atoms with Crippen LogP contribution in [0.3, 0.4) is 0 Å². The lowest BCUT2D eigenvalue weighted by Crippen LogP contribution is -2.04. The van der Waals surface area contributed by atoms with Crippen LogP contribution in [0.15, 0.2) is 0 Å². The average molecular weight is 195 g/mol. The Morgan fingerprint density at radius 1 is 1.29 bits per heavy atom. The minimum atomic E-state index is -0.790. The molecule has 0 amide bonds. The van der Waals surface area contributed by atoms with Crippen molar-refractivity contribution in [2.45, 2.75) is 33.1 Å². The molecule has 0 aliphatic rings. The van der Waals surface area contributed by atoms with E-state index in [4.69, 9.17) is 5.11 Å². The molecule has 0 aliphatic carbocycles. The van der Waals surface area contributed by atoms with Crippen LogP contribution in [0.1, 0.15) is 30.1 Å². The second-order valence-electron chi connectivity index (χ2n) is 3.15. The van der Waals surface area contributed by atoms with Crippen LogP contribution in [-0.2, 0) is 11.2 Å². The standard InChI is InChI=1S/C9H13N3O2/c1-6-7(2)11-12-8(10-6)4-3-5-9(13)14/h3-5H2,1-2H3,(H,13,14). The predicted molar refractivity (Wildman–Crippen MR) is 49.9 cm³/mol. The van der Waals surface area contributed by atoms with Gasteiger partial charge in [-0.1, -0.05) is 0 Å². The molecule has 0 atom stereocenters. The second kappa shape index (κ2) is 4.64. The van der Waals surface area contributed by atoms with Gasteiger partial charge in [-0.15, -0.1) is 5.10 Å². The zero-order chi connectivity index (χ0) is 10.6. The lowest BCUT2D eigenvalue weighted by molar-refractivity contribution is -0.137. The van der Waals surface area contributed by atoms with Crippen LogP contribution in [0.5, 0.6) is 0 Å². The Kier molecular flexibility index (Phi) is 3.50. The lowest BCUT2D eigenvalue weighted by atomic mass is 10.2. The van der Waals surface area contributed by atoms with Crippen molar-refractivity contribution in [2.24, 2.45) is 0 Å². The smallest absolute Gasteiger partial charge is 0.303 e. The molecule has 0 saturated heterocycles. The third-order valence-electron chi connectivity index (χ3n) is 1.93. The monoisotopic (exact) mass is 195 g/mol. The molecular formula is C9H13N3O2. The van der Waals surface area contributed by atoms with E-state index in [0.717, 1.165) is 11.4 Å². The van der Waals surface area contributed by atoms with Crippen LogP contribution in [0.2, 0.25) is 0 Å². The SMILES string of the molecule is Cc1nnc(CCCC(=O)O)nc1C. The van der Waals surface area contributed by atoms with Gasteiger partial charge >= 0.3 is 5.97 Å². The highest BCUT2D eigenvalue weighted by atomic mass is 16.4. The minimum absolute atomic E-state index is 0.149. The second-order valence-corrected chi connectivity index (χ2v) is 3.15. The van der Waals surface area contributed by atoms with Crippen LogP contribution in [0.4, 0.5) is 0 Å². The molecule has 0 aliphatic heterocycles. The molecule has 0 radical (unpaired) electrons. The topological polar surface area (TPSA) is 76.0 Å². The predicted octanol–water partition coefficient (Wildman–Crippen LogP) is 0.896. The zero-order valence-corrected chi connectivity index (χ0v) is 8.32. The summed E-state index contributed by atoms with van der Waals surface area (Å²) in [5, 5.41) is 16.2. The molecule has 76 valence electrons. The Labute approximate surface area is 82.2 Å². The largest absolute Gasteiger partial charge is 0.481 e. The number of hydrogen-bond acceptors (Lipinski definition) is 4. The fourth-order valence-corrected chi connectivity index (χ4v) is 1.01. The van der Waals surface area contributed by atoms with Crippen molar-refractivity contribution in [3.63, 3.8) is 0 Å². The molecule has 1 N–H and O–H groups in total. The fourth-order valence-electron chi connectivity index (χ4n) is 1.01. The van der Waals surface area contributed by atoms with E-state index in [1.807, 2.05) is 13.8 Å². The first kappa shape index (κ1) is 10.6. The first-order valence-electron chi connectivity index (χ1n) is 4.48. The van der Waals surface area contributed by atoms with Gasteiger partial charge < -0.3 is 5.11 Å². The van der Waals surface area contributed by atoms with Crippen molar-refractivity contribution in [1.82, 2.24) is 15.2 Å². The van der Waals surface area contributed by atoms with Gasteiger partial charge in [-0.25, -0.2) is 4.98 Å². The maximum Gasteiger partial charge on any atom is 0.303 e. The zero-order valence-electron chi connectivity index (χ0n) is 8.32. The van der Waals surface area contributed by atoms with Crippen molar-refractivity contribution in [1.29, 1.82) is 0 Å². The summed E-state index contributed by atoms with van der Waals surface area (Å²) in [5.41, 5.74) is 1.66. The normalized spacial score (nSPS) is 10.1. The number of aryl methyl sites for hydroxylation is 3. The molecule has 5 heteroatoms. The van der Waals surface area contributed by atoms with Gasteiger partial charge in [0, 0.05) is 12.8 Å². The third-order valence-corrected chi connectivity index (χ3v) is 1.93. The molecule has 1 heterocycles. The molecule has 5 nitrogen and oxygen atoms in total. The summed E-state index contributed by atoms with van der Waals surface area (Å²) in [7, 11) is 0. The highest BCUT2D eigenvalue weighted by Gasteiger charge is 2.03. The number of rotatable bonds is 4. The van der Waals surface area contributed by atoms with E-state index in [0.29, 0.717) is 18.7 Å². The van der Waals surface area contributed by atoms with E-state index < -0.39 is 5.97 Å². The van der Waals surface area contributed by atoms with E-state index in [1.54, 1.807) is 0 Å². The summed E-state index contributed by atoms with van der Waals surface area (Å²) in [6, 6.07) is 0. The van der Waals surface area contributed by atoms with Crippen LogP contribution in [0.25, 0.3) is 0 Å². The summed E-state index contributed by atoms with van der Waals surface area (Å²) in [6.07, 6.45) is 1.27. The van der Waals surface area contributed by atoms with Gasteiger partial charge in [-0.2, -0.15) is 5.10 Å². The summed E-state index contributed by atoms with van der Waals surface area (Å²) < 4.78 is 0. The first-order chi connectivity index (χ1) is 6.59. The van der Waals surface area contributed by atoms with E-state index in [-0.39, 0.29) is 6.42 Å². The highest BCUT2D eigenvalue weighted by molar-refractivity contribution is 5.66. The third kappa shape index (κ3) is 3.08. The number of carboxylic acids is 1. The number of aromatic nitrogens is 3. The molecule has 0 saturated carbocycles.